The maximum absolute atomic E-state index is 11.8. The van der Waals surface area contributed by atoms with E-state index in [1.807, 2.05) is 55.5 Å². The van der Waals surface area contributed by atoms with Crippen LogP contribution in [0, 0.1) is 0 Å². The van der Waals surface area contributed by atoms with Crippen LogP contribution in [0.3, 0.4) is 0 Å². The quantitative estimate of drug-likeness (QED) is 0.466. The first-order valence-electron chi connectivity index (χ1n) is 6.36. The van der Waals surface area contributed by atoms with Crippen molar-refractivity contribution in [1.29, 1.82) is 0 Å². The van der Waals surface area contributed by atoms with Crippen molar-refractivity contribution in [1.82, 2.24) is 0 Å². The van der Waals surface area contributed by atoms with Gasteiger partial charge in [-0.05, 0) is 30.2 Å². The van der Waals surface area contributed by atoms with Gasteiger partial charge in [0.05, 0.1) is 0 Å². The van der Waals surface area contributed by atoms with Gasteiger partial charge in [-0.2, -0.15) is 0 Å². The zero-order chi connectivity index (χ0) is 14.4. The average molecular weight is 264 g/mol. The number of para-hydroxylation sites is 1. The van der Waals surface area contributed by atoms with Crippen LogP contribution in [0.25, 0.3) is 11.6 Å². The lowest BCUT2D eigenvalue weighted by Gasteiger charge is -2.07. The van der Waals surface area contributed by atoms with Gasteiger partial charge < -0.3 is 4.74 Å². The average Bonchev–Trinajstić information content (AvgIpc) is 2.46. The molecule has 0 unspecified atom stereocenters. The molecule has 0 fully saturated rings. The van der Waals surface area contributed by atoms with E-state index in [2.05, 4.69) is 6.58 Å². The monoisotopic (exact) mass is 264 g/mol. The highest BCUT2D eigenvalue weighted by molar-refractivity contribution is 5.89. The Morgan fingerprint density at radius 3 is 2.40 bits per heavy atom. The van der Waals surface area contributed by atoms with Crippen LogP contribution in [0.4, 0.5) is 0 Å². The summed E-state index contributed by atoms with van der Waals surface area (Å²) in [5.74, 6) is 0.130. The van der Waals surface area contributed by atoms with Crippen molar-refractivity contribution in [3.8, 4) is 5.75 Å². The third kappa shape index (κ3) is 3.69. The Morgan fingerprint density at radius 2 is 1.70 bits per heavy atom. The van der Waals surface area contributed by atoms with Gasteiger partial charge in [-0.15, -0.1) is 0 Å². The molecule has 0 atom stereocenters. The molecule has 2 nitrogen and oxygen atoms in total. The predicted molar refractivity (Wildman–Crippen MR) is 82.3 cm³/mol. The molecule has 2 aromatic rings. The smallest absolute Gasteiger partial charge is 0.336 e. The van der Waals surface area contributed by atoms with Crippen molar-refractivity contribution in [2.24, 2.45) is 0 Å². The summed E-state index contributed by atoms with van der Waals surface area (Å²) in [7, 11) is 0. The molecular weight excluding hydrogens is 248 g/mol. The van der Waals surface area contributed by atoms with Crippen LogP contribution < -0.4 is 4.74 Å². The van der Waals surface area contributed by atoms with E-state index >= 15 is 0 Å². The summed E-state index contributed by atoms with van der Waals surface area (Å²) < 4.78 is 5.34. The molecule has 0 amide bonds. The molecule has 2 heteroatoms. The van der Waals surface area contributed by atoms with Gasteiger partial charge in [0.2, 0.25) is 0 Å². The molecule has 2 rings (SSSR count). The van der Waals surface area contributed by atoms with Crippen LogP contribution in [-0.4, -0.2) is 5.97 Å². The molecule has 2 aromatic carbocycles. The lowest BCUT2D eigenvalue weighted by Crippen LogP contribution is -2.05. The van der Waals surface area contributed by atoms with Crippen molar-refractivity contribution >= 4 is 17.6 Å². The first-order valence-corrected chi connectivity index (χ1v) is 6.36. The van der Waals surface area contributed by atoms with Gasteiger partial charge in [-0.3, -0.25) is 0 Å². The SMILES string of the molecule is C=C(C)c1ccccc1OC(=O)C=Cc1ccccc1. The maximum atomic E-state index is 11.8. The Morgan fingerprint density at radius 1 is 1.05 bits per heavy atom. The van der Waals surface area contributed by atoms with Gasteiger partial charge in [-0.25, -0.2) is 4.79 Å². The van der Waals surface area contributed by atoms with E-state index in [4.69, 9.17) is 4.74 Å². The largest absolute Gasteiger partial charge is 0.423 e. The fourth-order valence-corrected chi connectivity index (χ4v) is 1.78. The zero-order valence-corrected chi connectivity index (χ0v) is 11.4. The van der Waals surface area contributed by atoms with E-state index in [9.17, 15) is 4.79 Å². The van der Waals surface area contributed by atoms with Gasteiger partial charge in [-0.1, -0.05) is 55.1 Å². The fraction of sp³-hybridized carbons (Fsp3) is 0.0556. The summed E-state index contributed by atoms with van der Waals surface area (Å²) in [6.45, 7) is 5.76. The van der Waals surface area contributed by atoms with Crippen LogP contribution in [0.2, 0.25) is 0 Å². The predicted octanol–water partition coefficient (Wildman–Crippen LogP) is 4.34. The second-order valence-electron chi connectivity index (χ2n) is 4.44. The Balaban J connectivity index is 2.09. The molecule has 0 aromatic heterocycles. The fourth-order valence-electron chi connectivity index (χ4n) is 1.78. The molecule has 0 saturated carbocycles. The number of ether oxygens (including phenoxy) is 1. The van der Waals surface area contributed by atoms with Gasteiger partial charge in [0.15, 0.2) is 0 Å². The van der Waals surface area contributed by atoms with Gasteiger partial charge >= 0.3 is 5.97 Å². The molecule has 20 heavy (non-hydrogen) atoms. The Hall–Kier alpha value is -2.61. The van der Waals surface area contributed by atoms with E-state index in [1.165, 1.54) is 6.08 Å². The first kappa shape index (κ1) is 13.8. The molecule has 0 aliphatic rings. The number of hydrogen-bond donors (Lipinski definition) is 0. The number of hydrogen-bond acceptors (Lipinski definition) is 2. The second-order valence-corrected chi connectivity index (χ2v) is 4.44. The minimum atomic E-state index is -0.400. The molecular formula is C18H16O2. The van der Waals surface area contributed by atoms with Crippen LogP contribution in [0.5, 0.6) is 5.75 Å². The van der Waals surface area contributed by atoms with Gasteiger partial charge in [0.1, 0.15) is 5.75 Å². The van der Waals surface area contributed by atoms with Crippen LogP contribution in [-0.2, 0) is 4.79 Å². The highest BCUT2D eigenvalue weighted by atomic mass is 16.5. The first-order chi connectivity index (χ1) is 9.66. The summed E-state index contributed by atoms with van der Waals surface area (Å²) in [6.07, 6.45) is 3.15. The molecule has 100 valence electrons. The van der Waals surface area contributed by atoms with Crippen LogP contribution >= 0.6 is 0 Å². The summed E-state index contributed by atoms with van der Waals surface area (Å²) in [5, 5.41) is 0. The summed E-state index contributed by atoms with van der Waals surface area (Å²) in [6, 6.07) is 17.0. The summed E-state index contributed by atoms with van der Waals surface area (Å²) >= 11 is 0. The number of esters is 1. The van der Waals surface area contributed by atoms with Crippen molar-refractivity contribution in [2.45, 2.75) is 6.92 Å². The Labute approximate surface area is 119 Å². The number of allylic oxidation sites excluding steroid dienone is 1. The van der Waals surface area contributed by atoms with Crippen LogP contribution in [0.15, 0.2) is 67.3 Å². The van der Waals surface area contributed by atoms with Gasteiger partial charge in [0, 0.05) is 11.6 Å². The molecule has 0 heterocycles. The lowest BCUT2D eigenvalue weighted by atomic mass is 10.1. The van der Waals surface area contributed by atoms with E-state index in [0.29, 0.717) is 5.75 Å². The molecule has 0 aliphatic heterocycles. The standard InChI is InChI=1S/C18H16O2/c1-14(2)16-10-6-7-11-17(16)20-18(19)13-12-15-8-4-3-5-9-15/h3-13H,1H2,2H3. The van der Waals surface area contributed by atoms with Gasteiger partial charge in [0.25, 0.3) is 0 Å². The minimum absolute atomic E-state index is 0.400. The Kier molecular flexibility index (Phi) is 4.51. The molecule has 0 N–H and O–H groups in total. The summed E-state index contributed by atoms with van der Waals surface area (Å²) in [5.41, 5.74) is 2.66. The number of benzene rings is 2. The van der Waals surface area contributed by atoms with E-state index in [-0.39, 0.29) is 0 Å². The van der Waals surface area contributed by atoms with E-state index in [0.717, 1.165) is 16.7 Å². The molecule has 0 bridgehead atoms. The second kappa shape index (κ2) is 6.53. The molecule has 0 spiro atoms. The topological polar surface area (TPSA) is 26.3 Å². The third-order valence-corrected chi connectivity index (χ3v) is 2.77. The van der Waals surface area contributed by atoms with Crippen molar-refractivity contribution in [3.63, 3.8) is 0 Å². The Bertz CT molecular complexity index is 639. The molecule has 0 radical (unpaired) electrons. The van der Waals surface area contributed by atoms with Crippen molar-refractivity contribution in [2.75, 3.05) is 0 Å². The number of carbonyl (C=O) groups excluding carboxylic acids is 1. The summed E-state index contributed by atoms with van der Waals surface area (Å²) in [4.78, 5) is 11.8. The van der Waals surface area contributed by atoms with E-state index < -0.39 is 5.97 Å². The normalized spacial score (nSPS) is 10.4. The van der Waals surface area contributed by atoms with Crippen LogP contribution in [0.1, 0.15) is 18.1 Å². The lowest BCUT2D eigenvalue weighted by molar-refractivity contribution is -0.128. The highest BCUT2D eigenvalue weighted by Crippen LogP contribution is 2.24. The maximum Gasteiger partial charge on any atom is 0.336 e. The van der Waals surface area contributed by atoms with Crippen molar-refractivity contribution in [3.05, 3.63) is 78.4 Å². The molecule has 0 saturated heterocycles. The molecule has 0 aliphatic carbocycles. The number of carbonyl (C=O) groups is 1. The number of rotatable bonds is 4. The zero-order valence-electron chi connectivity index (χ0n) is 11.4. The van der Waals surface area contributed by atoms with E-state index in [1.54, 1.807) is 12.1 Å². The minimum Gasteiger partial charge on any atom is -0.423 e. The third-order valence-electron chi connectivity index (χ3n) is 2.77. The highest BCUT2D eigenvalue weighted by Gasteiger charge is 2.06. The van der Waals surface area contributed by atoms with Crippen molar-refractivity contribution < 1.29 is 9.53 Å².